The molecule has 3 rings (SSSR count). The van der Waals surface area contributed by atoms with Crippen LogP contribution in [0.2, 0.25) is 0 Å². The fourth-order valence-corrected chi connectivity index (χ4v) is 2.82. The highest BCUT2D eigenvalue weighted by molar-refractivity contribution is 7.12. The van der Waals surface area contributed by atoms with E-state index < -0.39 is 0 Å². The lowest BCUT2D eigenvalue weighted by Gasteiger charge is -2.05. The number of thiazole rings is 1. The molecule has 0 aliphatic carbocycles. The summed E-state index contributed by atoms with van der Waals surface area (Å²) in [5, 5.41) is 1.14. The molecule has 1 aromatic carbocycles. The first kappa shape index (κ1) is 8.92. The molecule has 2 aromatic rings. The van der Waals surface area contributed by atoms with Gasteiger partial charge in [0.1, 0.15) is 5.75 Å². The maximum absolute atomic E-state index is 5.70. The van der Waals surface area contributed by atoms with Crippen LogP contribution in [0, 0.1) is 6.92 Å². The summed E-state index contributed by atoms with van der Waals surface area (Å²) in [4.78, 5) is 5.94. The van der Waals surface area contributed by atoms with E-state index in [9.17, 15) is 0 Å². The van der Waals surface area contributed by atoms with Crippen LogP contribution >= 0.6 is 11.3 Å². The van der Waals surface area contributed by atoms with Gasteiger partial charge in [0.05, 0.1) is 17.3 Å². The van der Waals surface area contributed by atoms with Crippen LogP contribution in [0.1, 0.15) is 9.88 Å². The number of aromatic nitrogens is 1. The molecule has 0 bridgehead atoms. The Morgan fingerprint density at radius 1 is 1.33 bits per heavy atom. The number of fused-ring (bicyclic) bond motifs is 3. The first-order valence-corrected chi connectivity index (χ1v) is 5.85. The van der Waals surface area contributed by atoms with Crippen LogP contribution in [0.25, 0.3) is 11.3 Å². The number of para-hydroxylation sites is 1. The summed E-state index contributed by atoms with van der Waals surface area (Å²) in [6.45, 7) is 2.81. The predicted molar refractivity (Wildman–Crippen MR) is 61.5 cm³/mol. The molecular weight excluding hydrogens is 206 g/mol. The van der Waals surface area contributed by atoms with Gasteiger partial charge in [0.2, 0.25) is 0 Å². The minimum Gasteiger partial charge on any atom is -0.493 e. The Labute approximate surface area is 92.6 Å². The van der Waals surface area contributed by atoms with Gasteiger partial charge in [-0.1, -0.05) is 12.1 Å². The van der Waals surface area contributed by atoms with Crippen molar-refractivity contribution < 1.29 is 4.74 Å². The second-order valence-corrected chi connectivity index (χ2v) is 4.89. The third kappa shape index (κ3) is 1.43. The van der Waals surface area contributed by atoms with E-state index >= 15 is 0 Å². The van der Waals surface area contributed by atoms with Gasteiger partial charge in [-0.3, -0.25) is 0 Å². The summed E-state index contributed by atoms with van der Waals surface area (Å²) < 4.78 is 5.70. The lowest BCUT2D eigenvalue weighted by Crippen LogP contribution is -1.97. The maximum atomic E-state index is 5.70. The molecule has 1 aromatic heterocycles. The molecule has 2 heterocycles. The number of benzene rings is 1. The molecule has 0 N–H and O–H groups in total. The van der Waals surface area contributed by atoms with E-state index in [1.165, 1.54) is 4.88 Å². The number of hydrogen-bond donors (Lipinski definition) is 0. The minimum atomic E-state index is 0.756. The number of hydrogen-bond acceptors (Lipinski definition) is 3. The fourth-order valence-electron chi connectivity index (χ4n) is 1.89. The average Bonchev–Trinajstić information content (AvgIpc) is 2.52. The Bertz CT molecular complexity index is 504. The van der Waals surface area contributed by atoms with Gasteiger partial charge in [-0.05, 0) is 19.1 Å². The Balaban J connectivity index is 2.26. The lowest BCUT2D eigenvalue weighted by molar-refractivity contribution is 0.327. The highest BCUT2D eigenvalue weighted by Crippen LogP contribution is 2.36. The molecule has 0 radical (unpaired) electrons. The number of aryl methyl sites for hydroxylation is 1. The molecule has 0 unspecified atom stereocenters. The van der Waals surface area contributed by atoms with Gasteiger partial charge < -0.3 is 4.74 Å². The van der Waals surface area contributed by atoms with E-state index in [-0.39, 0.29) is 0 Å². The van der Waals surface area contributed by atoms with E-state index in [2.05, 4.69) is 18.0 Å². The highest BCUT2D eigenvalue weighted by Gasteiger charge is 2.18. The molecule has 3 heteroatoms. The SMILES string of the molecule is Cc1nc2c(s1)CCOc1ccccc1-2. The van der Waals surface area contributed by atoms with Crippen molar-refractivity contribution in [1.82, 2.24) is 4.98 Å². The van der Waals surface area contributed by atoms with Crippen LogP contribution in [0.4, 0.5) is 0 Å². The summed E-state index contributed by atoms with van der Waals surface area (Å²) >= 11 is 1.78. The Morgan fingerprint density at radius 2 is 2.20 bits per heavy atom. The van der Waals surface area contributed by atoms with Gasteiger partial charge in [0.25, 0.3) is 0 Å². The number of rotatable bonds is 0. The lowest BCUT2D eigenvalue weighted by atomic mass is 10.1. The minimum absolute atomic E-state index is 0.756. The first-order valence-electron chi connectivity index (χ1n) is 5.03. The van der Waals surface area contributed by atoms with Crippen LogP contribution in [0.5, 0.6) is 5.75 Å². The number of nitrogens with zero attached hydrogens (tertiary/aromatic N) is 1. The van der Waals surface area contributed by atoms with Crippen molar-refractivity contribution >= 4 is 11.3 Å². The van der Waals surface area contributed by atoms with Crippen LogP contribution < -0.4 is 4.74 Å². The zero-order chi connectivity index (χ0) is 10.3. The molecule has 0 atom stereocenters. The van der Waals surface area contributed by atoms with Crippen molar-refractivity contribution in [3.05, 3.63) is 34.2 Å². The molecule has 0 fully saturated rings. The van der Waals surface area contributed by atoms with Crippen LogP contribution in [-0.2, 0) is 6.42 Å². The zero-order valence-electron chi connectivity index (χ0n) is 8.49. The standard InChI is InChI=1S/C12H11NOS/c1-8-13-12-9-4-2-3-5-10(9)14-7-6-11(12)15-8/h2-5H,6-7H2,1H3. The van der Waals surface area contributed by atoms with E-state index in [0.29, 0.717) is 0 Å². The predicted octanol–water partition coefficient (Wildman–Crippen LogP) is 3.05. The van der Waals surface area contributed by atoms with Crippen molar-refractivity contribution in [2.24, 2.45) is 0 Å². The van der Waals surface area contributed by atoms with Crippen molar-refractivity contribution in [2.75, 3.05) is 6.61 Å². The molecule has 0 amide bonds. The molecule has 0 saturated heterocycles. The summed E-state index contributed by atoms with van der Waals surface area (Å²) in [6, 6.07) is 8.13. The Hall–Kier alpha value is -1.35. The molecule has 76 valence electrons. The third-order valence-corrected chi connectivity index (χ3v) is 3.56. The molecule has 1 aliphatic rings. The maximum Gasteiger partial charge on any atom is 0.128 e. The average molecular weight is 217 g/mol. The van der Waals surface area contributed by atoms with Crippen molar-refractivity contribution in [2.45, 2.75) is 13.3 Å². The topological polar surface area (TPSA) is 22.1 Å². The van der Waals surface area contributed by atoms with Gasteiger partial charge in [-0.2, -0.15) is 0 Å². The van der Waals surface area contributed by atoms with Crippen LogP contribution in [-0.4, -0.2) is 11.6 Å². The molecule has 1 aliphatic heterocycles. The smallest absolute Gasteiger partial charge is 0.128 e. The van der Waals surface area contributed by atoms with Crippen LogP contribution in [0.3, 0.4) is 0 Å². The monoisotopic (exact) mass is 217 g/mol. The summed E-state index contributed by atoms with van der Waals surface area (Å²) in [6.07, 6.45) is 0.968. The van der Waals surface area contributed by atoms with Gasteiger partial charge >= 0.3 is 0 Å². The quantitative estimate of drug-likeness (QED) is 0.676. The zero-order valence-corrected chi connectivity index (χ0v) is 9.30. The van der Waals surface area contributed by atoms with Gasteiger partial charge in [-0.15, -0.1) is 11.3 Å². The third-order valence-electron chi connectivity index (χ3n) is 2.53. The van der Waals surface area contributed by atoms with Crippen LogP contribution in [0.15, 0.2) is 24.3 Å². The molecular formula is C12H11NOS. The van der Waals surface area contributed by atoms with Crippen molar-refractivity contribution in [1.29, 1.82) is 0 Å². The fraction of sp³-hybridized carbons (Fsp3) is 0.250. The summed E-state index contributed by atoms with van der Waals surface area (Å²) in [5.74, 6) is 0.960. The second-order valence-electron chi connectivity index (χ2n) is 3.60. The largest absolute Gasteiger partial charge is 0.493 e. The van der Waals surface area contributed by atoms with E-state index in [1.54, 1.807) is 11.3 Å². The van der Waals surface area contributed by atoms with Gasteiger partial charge in [-0.25, -0.2) is 4.98 Å². The van der Waals surface area contributed by atoms with Crippen molar-refractivity contribution in [3.8, 4) is 17.0 Å². The Kier molecular flexibility index (Phi) is 1.99. The van der Waals surface area contributed by atoms with Crippen molar-refractivity contribution in [3.63, 3.8) is 0 Å². The molecule has 0 spiro atoms. The second kappa shape index (κ2) is 3.35. The highest BCUT2D eigenvalue weighted by atomic mass is 32.1. The molecule has 2 nitrogen and oxygen atoms in total. The van der Waals surface area contributed by atoms with E-state index in [4.69, 9.17) is 4.74 Å². The Morgan fingerprint density at radius 3 is 3.13 bits per heavy atom. The normalized spacial score (nSPS) is 13.7. The van der Waals surface area contributed by atoms with Gasteiger partial charge in [0.15, 0.2) is 0 Å². The summed E-state index contributed by atoms with van der Waals surface area (Å²) in [5.41, 5.74) is 2.25. The van der Waals surface area contributed by atoms with Gasteiger partial charge in [0, 0.05) is 16.9 Å². The summed E-state index contributed by atoms with van der Waals surface area (Å²) in [7, 11) is 0. The first-order chi connectivity index (χ1) is 7.34. The number of ether oxygens (including phenoxy) is 1. The van der Waals surface area contributed by atoms with E-state index in [1.807, 2.05) is 18.2 Å². The molecule has 15 heavy (non-hydrogen) atoms. The van der Waals surface area contributed by atoms with E-state index in [0.717, 1.165) is 35.0 Å². The molecule has 0 saturated carbocycles.